The summed E-state index contributed by atoms with van der Waals surface area (Å²) in [6, 6.07) is 0.714. The molecule has 2 heterocycles. The first-order valence-corrected chi connectivity index (χ1v) is 20.4. The number of hydrogen-bond donors (Lipinski definition) is 6. The van der Waals surface area contributed by atoms with E-state index in [-0.39, 0.29) is 70.8 Å². The topological polar surface area (TPSA) is 237 Å². The number of nitrogens with one attached hydrogen (secondary N) is 1. The number of carbonyl (C=O) groups excluding carboxylic acids is 2. The number of thiol groups is 1. The molecule has 1 aliphatic heterocycles. The van der Waals surface area contributed by atoms with Crippen molar-refractivity contribution in [3.8, 4) is 0 Å². The van der Waals surface area contributed by atoms with Gasteiger partial charge in [0, 0.05) is 45.2 Å². The van der Waals surface area contributed by atoms with Crippen molar-refractivity contribution in [3.63, 3.8) is 0 Å². The van der Waals surface area contributed by atoms with Crippen LogP contribution >= 0.6 is 11.3 Å². The number of carbonyl (C=O) groups is 2. The summed E-state index contributed by atoms with van der Waals surface area (Å²) < 4.78 is 60.8. The maximum Gasteiger partial charge on any atom is 0.417 e. The highest BCUT2D eigenvalue weighted by molar-refractivity contribution is 8.03. The lowest BCUT2D eigenvalue weighted by molar-refractivity contribution is -0.492. The van der Waals surface area contributed by atoms with E-state index in [1.165, 1.54) is 28.6 Å². The van der Waals surface area contributed by atoms with Crippen molar-refractivity contribution in [2.24, 2.45) is 0 Å². The van der Waals surface area contributed by atoms with E-state index in [0.29, 0.717) is 64.4 Å². The molecule has 0 spiro atoms. The first-order valence-electron chi connectivity index (χ1n) is 16.0. The summed E-state index contributed by atoms with van der Waals surface area (Å²) in [6.07, 6.45) is 5.04. The minimum atomic E-state index is -4.03. The Hall–Kier alpha value is -2.06. The summed E-state index contributed by atoms with van der Waals surface area (Å²) in [6.45, 7) is 2.70. The first kappa shape index (κ1) is 43.1. The molecule has 0 radical (unpaired) electrons. The van der Waals surface area contributed by atoms with Gasteiger partial charge in [-0.25, -0.2) is 18.0 Å². The van der Waals surface area contributed by atoms with Gasteiger partial charge < -0.3 is 19.1 Å². The molecule has 2 amide bonds. The zero-order valence-electron chi connectivity index (χ0n) is 28.1. The summed E-state index contributed by atoms with van der Waals surface area (Å²) in [4.78, 5) is 36.2. The number of rotatable bonds is 24. The first-order chi connectivity index (χ1) is 23.2. The van der Waals surface area contributed by atoms with Crippen LogP contribution in [0.4, 0.5) is 9.59 Å². The predicted octanol–water partition coefficient (Wildman–Crippen LogP) is 3.08. The fourth-order valence-electron chi connectivity index (χ4n) is 4.94. The van der Waals surface area contributed by atoms with Crippen molar-refractivity contribution >= 4 is 43.7 Å². The number of ether oxygens (including phenoxy) is 3. The number of methoxy groups -OCH3 is 1. The SMILES string of the molecule is CCN(C(=O)OCCCCCCON(O)O)[C@H]1CN(CCCOC)S(=O)(=O)c2sc([SH](C)(=O)NC(=O)OCCCCCCON(O)O)cc21. The summed E-state index contributed by atoms with van der Waals surface area (Å²) in [5.74, 6) is 0. The molecular weight excluding hydrogens is 715 g/mol. The molecule has 0 aromatic carbocycles. The Bertz CT molecular complexity index is 1300. The Morgan fingerprint density at radius 2 is 1.47 bits per heavy atom. The minimum Gasteiger partial charge on any atom is -0.449 e. The van der Waals surface area contributed by atoms with E-state index in [1.54, 1.807) is 6.92 Å². The van der Waals surface area contributed by atoms with E-state index < -0.39 is 38.4 Å². The van der Waals surface area contributed by atoms with Gasteiger partial charge in [0.05, 0.1) is 47.5 Å². The summed E-state index contributed by atoms with van der Waals surface area (Å²) in [5.41, 5.74) is 0.287. The molecule has 1 aromatic heterocycles. The summed E-state index contributed by atoms with van der Waals surface area (Å²) >= 11 is 0.783. The molecule has 1 atom stereocenters. The van der Waals surface area contributed by atoms with Gasteiger partial charge in [-0.2, -0.15) is 4.31 Å². The van der Waals surface area contributed by atoms with Crippen LogP contribution in [0.5, 0.6) is 0 Å². The molecule has 0 fully saturated rings. The molecule has 1 aromatic rings. The van der Waals surface area contributed by atoms with Gasteiger partial charge in [0.1, 0.15) is 4.21 Å². The zero-order valence-corrected chi connectivity index (χ0v) is 30.6. The fourth-order valence-corrected chi connectivity index (χ4v) is 10.3. The molecule has 0 aliphatic carbocycles. The van der Waals surface area contributed by atoms with Crippen LogP contribution in [0.3, 0.4) is 0 Å². The second-order valence-corrected chi connectivity index (χ2v) is 17.2. The number of nitrogens with zero attached hydrogens (tertiary/aromatic N) is 4. The average Bonchev–Trinajstić information content (AvgIpc) is 3.50. The van der Waals surface area contributed by atoms with Gasteiger partial charge >= 0.3 is 12.2 Å². The molecule has 0 saturated heterocycles. The maximum atomic E-state index is 13.8. The number of sulfonamides is 1. The highest BCUT2D eigenvalue weighted by Gasteiger charge is 2.43. The Kier molecular flexibility index (Phi) is 19.4. The van der Waals surface area contributed by atoms with Crippen molar-refractivity contribution < 1.29 is 66.9 Å². The van der Waals surface area contributed by atoms with Crippen LogP contribution in [0.1, 0.15) is 76.3 Å². The van der Waals surface area contributed by atoms with Crippen molar-refractivity contribution in [1.29, 1.82) is 0 Å². The molecule has 2 rings (SSSR count). The lowest BCUT2D eigenvalue weighted by atomic mass is 10.1. The number of likely N-dealkylation sites (N-methyl/N-ethyl adjacent to an activating group) is 1. The van der Waals surface area contributed by atoms with E-state index in [2.05, 4.69) is 14.4 Å². The van der Waals surface area contributed by atoms with Gasteiger partial charge in [0.15, 0.2) is 0 Å². The molecule has 5 N–H and O–H groups in total. The average molecular weight is 766 g/mol. The molecule has 286 valence electrons. The third-order valence-electron chi connectivity index (χ3n) is 7.40. The second-order valence-electron chi connectivity index (χ2n) is 11.1. The lowest BCUT2D eigenvalue weighted by Crippen LogP contribution is -2.47. The van der Waals surface area contributed by atoms with Gasteiger partial charge in [-0.1, -0.05) is 12.8 Å². The Balaban J connectivity index is 2.12. The van der Waals surface area contributed by atoms with Gasteiger partial charge in [0.25, 0.3) is 10.0 Å². The Morgan fingerprint density at radius 3 is 2.00 bits per heavy atom. The van der Waals surface area contributed by atoms with Gasteiger partial charge in [-0.15, -0.1) is 11.3 Å². The van der Waals surface area contributed by atoms with Crippen LogP contribution in [0.2, 0.25) is 0 Å². The van der Waals surface area contributed by atoms with Crippen LogP contribution in [-0.4, -0.2) is 132 Å². The van der Waals surface area contributed by atoms with Gasteiger partial charge in [0.2, 0.25) is 0 Å². The second kappa shape index (κ2) is 22.0. The standard InChI is InChI=1S/C27H51N5O14S3/c1-4-30(27(34)44-17-10-6-8-12-19-46-32(37)38)23-21-29(14-13-15-42-2)49(40,41)25-22(23)20-24(47-25)48(3,39)28-26(33)43-16-9-5-7-11-18-45-31(35)36/h20,23,35-38,48H,4-19,21H2,1-3H3,(H,28,33,39)/t23-/m0/s1. The highest BCUT2D eigenvalue weighted by Crippen LogP contribution is 2.43. The summed E-state index contributed by atoms with van der Waals surface area (Å²) in [7, 11) is -6.19. The van der Waals surface area contributed by atoms with Crippen molar-refractivity contribution in [2.45, 2.75) is 79.2 Å². The molecule has 0 saturated carbocycles. The monoisotopic (exact) mass is 765 g/mol. The molecular formula is C27H51N5O14S3. The third-order valence-corrected chi connectivity index (χ3v) is 13.6. The molecule has 22 heteroatoms. The fraction of sp³-hybridized carbons (Fsp3) is 0.778. The largest absolute Gasteiger partial charge is 0.449 e. The normalized spacial score (nSPS) is 16.5. The van der Waals surface area contributed by atoms with E-state index >= 15 is 0 Å². The maximum absolute atomic E-state index is 13.8. The Morgan fingerprint density at radius 1 is 0.918 bits per heavy atom. The quantitative estimate of drug-likeness (QED) is 0.0504. The van der Waals surface area contributed by atoms with Crippen molar-refractivity contribution in [1.82, 2.24) is 24.7 Å². The number of thiophene rings is 1. The third kappa shape index (κ3) is 14.6. The smallest absolute Gasteiger partial charge is 0.417 e. The number of amides is 2. The van der Waals surface area contributed by atoms with E-state index in [1.807, 2.05) is 0 Å². The molecule has 0 bridgehead atoms. The summed E-state index contributed by atoms with van der Waals surface area (Å²) in [5, 5.41) is 33.4. The zero-order chi connectivity index (χ0) is 36.5. The van der Waals surface area contributed by atoms with Gasteiger partial charge in [-0.05, 0) is 68.1 Å². The van der Waals surface area contributed by atoms with Crippen LogP contribution in [0.25, 0.3) is 0 Å². The molecule has 19 nitrogen and oxygen atoms in total. The molecule has 1 aliphatic rings. The van der Waals surface area contributed by atoms with Crippen LogP contribution in [0.15, 0.2) is 14.5 Å². The highest BCUT2D eigenvalue weighted by atomic mass is 32.3. The van der Waals surface area contributed by atoms with Gasteiger partial charge in [-0.3, -0.25) is 39.4 Å². The van der Waals surface area contributed by atoms with E-state index in [9.17, 15) is 22.2 Å². The van der Waals surface area contributed by atoms with E-state index in [0.717, 1.165) is 11.3 Å². The predicted molar refractivity (Wildman–Crippen MR) is 174 cm³/mol. The van der Waals surface area contributed by atoms with E-state index in [4.69, 9.17) is 35.0 Å². The number of unbranched alkanes of at least 4 members (excludes halogenated alkanes) is 6. The number of hydrogen-bond acceptors (Lipinski definition) is 17. The van der Waals surface area contributed by atoms with Crippen LogP contribution in [0, 0.1) is 0 Å². The lowest BCUT2D eigenvalue weighted by Gasteiger charge is -2.37. The molecule has 0 unspecified atom stereocenters. The Labute approximate surface area is 291 Å². The van der Waals surface area contributed by atoms with Crippen LogP contribution in [-0.2, 0) is 44.0 Å². The molecule has 49 heavy (non-hydrogen) atoms. The minimum absolute atomic E-state index is 0.0425. The van der Waals surface area contributed by atoms with Crippen molar-refractivity contribution in [2.75, 3.05) is 66.0 Å². The van der Waals surface area contributed by atoms with Crippen molar-refractivity contribution in [3.05, 3.63) is 11.6 Å². The number of fused-ring (bicyclic) bond motifs is 1. The van der Waals surface area contributed by atoms with Crippen LogP contribution < -0.4 is 4.72 Å².